The van der Waals surface area contributed by atoms with E-state index in [1.807, 2.05) is 6.92 Å². The van der Waals surface area contributed by atoms with Crippen LogP contribution >= 0.6 is 12.6 Å². The lowest BCUT2D eigenvalue weighted by molar-refractivity contribution is -0.142. The smallest absolute Gasteiger partial charge is 0.326 e. The van der Waals surface area contributed by atoms with Gasteiger partial charge in [0.05, 0.1) is 18.7 Å². The van der Waals surface area contributed by atoms with Crippen molar-refractivity contribution in [2.45, 2.75) is 174 Å². The first kappa shape index (κ1) is 74.2. The molecular formula is C63H91N11O15S. The highest BCUT2D eigenvalue weighted by Gasteiger charge is 2.39. The zero-order chi connectivity index (χ0) is 66.9. The molecule has 27 heteroatoms. The first-order valence-electron chi connectivity index (χ1n) is 30.4. The van der Waals surface area contributed by atoms with Crippen molar-refractivity contribution in [1.82, 2.24) is 58.5 Å². The molecule has 3 aromatic rings. The van der Waals surface area contributed by atoms with Gasteiger partial charge in [0.2, 0.25) is 59.1 Å². The predicted octanol–water partition coefficient (Wildman–Crippen LogP) is 0.156. The first-order chi connectivity index (χ1) is 42.6. The molecule has 90 heavy (non-hydrogen) atoms. The van der Waals surface area contributed by atoms with E-state index in [1.54, 1.807) is 78.8 Å². The summed E-state index contributed by atoms with van der Waals surface area (Å²) in [4.78, 5) is 151. The Morgan fingerprint density at radius 3 is 1.38 bits per heavy atom. The molecule has 3 aromatic carbocycles. The molecule has 10 amide bonds. The fourth-order valence-electron chi connectivity index (χ4n) is 9.75. The van der Waals surface area contributed by atoms with Gasteiger partial charge in [-0.05, 0) is 90.9 Å². The molecule has 13 atom stereocenters. The minimum atomic E-state index is -1.67. The predicted molar refractivity (Wildman–Crippen MR) is 337 cm³/mol. The number of phenols is 2. The van der Waals surface area contributed by atoms with Gasteiger partial charge in [-0.2, -0.15) is 12.6 Å². The molecule has 0 radical (unpaired) electrons. The number of carboxylic acid groups (broad SMARTS) is 1. The van der Waals surface area contributed by atoms with E-state index < -0.39 is 150 Å². The molecule has 0 saturated carbocycles. The molecule has 0 spiro atoms. The van der Waals surface area contributed by atoms with Crippen LogP contribution in [0.4, 0.5) is 0 Å². The van der Waals surface area contributed by atoms with E-state index in [-0.39, 0.29) is 48.3 Å². The maximum atomic E-state index is 14.7. The van der Waals surface area contributed by atoms with Crippen molar-refractivity contribution < 1.29 is 73.2 Å². The molecule has 0 aromatic heterocycles. The van der Waals surface area contributed by atoms with Crippen molar-refractivity contribution in [3.05, 3.63) is 95.6 Å². The lowest BCUT2D eigenvalue weighted by Gasteiger charge is -2.31. The van der Waals surface area contributed by atoms with Crippen LogP contribution in [0, 0.1) is 23.7 Å². The standard InChI is InChI=1S/C63H91N11O15S/c1-10-35(7)51(73-62(87)53(37(9)75)74-59(84)50(34(5)6)71-61(86)52(36(8)11-2)72-55(80)43-18-15-27-64-43)60(85)67-45(28-38-16-13-12-14-17-38)56(81)66-44(29-39-19-23-41(76)24-20-39)54(79)65-31-48(78)70-49(33(3)4)58(83)69-47(32-90)57(82)68-46(63(88)89)30-40-21-25-42(77)26-22-40/h12-14,16-17,19-26,33-37,43-47,49-53,64,75-77,90H,10-11,15,18,27-32H2,1-9H3,(H,65,79)(H,66,81)(H,67,85)(H,68,82)(H,69,83)(H,70,78)(H,71,86)(H,72,80)(H,73,87)(H,74,84)(H,88,89)/t35-,36-,37+,43-,44-,45-,46-,47-,49-,50-,51-,52-,53-/m0/s1. The molecule has 0 bridgehead atoms. The molecule has 1 saturated heterocycles. The average Bonchev–Trinajstić information content (AvgIpc) is 3.39. The van der Waals surface area contributed by atoms with Crippen LogP contribution in [0.15, 0.2) is 78.9 Å². The van der Waals surface area contributed by atoms with Crippen LogP contribution in [-0.4, -0.2) is 171 Å². The van der Waals surface area contributed by atoms with Gasteiger partial charge < -0.3 is 78.9 Å². The monoisotopic (exact) mass is 1270 g/mol. The molecule has 15 N–H and O–H groups in total. The van der Waals surface area contributed by atoms with E-state index in [2.05, 4.69) is 71.1 Å². The van der Waals surface area contributed by atoms with E-state index in [4.69, 9.17) is 0 Å². The van der Waals surface area contributed by atoms with Crippen LogP contribution in [0.2, 0.25) is 0 Å². The molecule has 494 valence electrons. The van der Waals surface area contributed by atoms with Crippen LogP contribution in [0.3, 0.4) is 0 Å². The van der Waals surface area contributed by atoms with Crippen LogP contribution in [0.5, 0.6) is 11.5 Å². The maximum Gasteiger partial charge on any atom is 0.326 e. The number of benzene rings is 3. The number of aliphatic carboxylic acids is 1. The van der Waals surface area contributed by atoms with Crippen molar-refractivity contribution in [3.63, 3.8) is 0 Å². The highest BCUT2D eigenvalue weighted by atomic mass is 32.1. The molecule has 1 aliphatic rings. The van der Waals surface area contributed by atoms with Gasteiger partial charge in [0.15, 0.2) is 0 Å². The number of thiol groups is 1. The number of nitrogens with one attached hydrogen (secondary N) is 11. The fourth-order valence-corrected chi connectivity index (χ4v) is 10.0. The Morgan fingerprint density at radius 2 is 0.889 bits per heavy atom. The molecule has 1 aliphatic heterocycles. The minimum absolute atomic E-state index is 0.0407. The number of amides is 10. The number of carbonyl (C=O) groups is 11. The fraction of sp³-hybridized carbons (Fsp3) is 0.540. The number of phenolic OH excluding ortho intramolecular Hbond substituents is 2. The van der Waals surface area contributed by atoms with Gasteiger partial charge in [0.1, 0.15) is 65.9 Å². The van der Waals surface area contributed by atoms with Crippen molar-refractivity contribution >= 4 is 77.7 Å². The third-order valence-corrected chi connectivity index (χ3v) is 16.1. The quantitative estimate of drug-likeness (QED) is 0.0349. The number of hydrogen-bond donors (Lipinski definition) is 16. The Balaban J connectivity index is 1.52. The van der Waals surface area contributed by atoms with Gasteiger partial charge in [0.25, 0.3) is 0 Å². The number of carboxylic acids is 1. The highest BCUT2D eigenvalue weighted by molar-refractivity contribution is 7.80. The van der Waals surface area contributed by atoms with Crippen LogP contribution in [0.1, 0.15) is 105 Å². The van der Waals surface area contributed by atoms with Gasteiger partial charge in [0, 0.05) is 25.0 Å². The Bertz CT molecular complexity index is 2910. The molecule has 1 heterocycles. The van der Waals surface area contributed by atoms with E-state index in [1.165, 1.54) is 55.5 Å². The maximum absolute atomic E-state index is 14.7. The van der Waals surface area contributed by atoms with Gasteiger partial charge in [-0.1, -0.05) is 123 Å². The SMILES string of the molecule is CC[C@H](C)[C@H](NC(=O)[C@@H]1CCCN1)C(=O)N[C@H](C(=O)N[C@H](C(=O)N[C@H](C(=O)N[C@@H](Cc1ccccc1)C(=O)N[C@@H](Cc1ccc(O)cc1)C(=O)NCC(=O)N[C@H](C(=O)N[C@@H](CS)C(=O)N[C@@H](Cc1ccc(O)cc1)C(=O)O)C(C)C)[C@@H](C)CC)[C@@H](C)O)C(C)C. The van der Waals surface area contributed by atoms with Crippen LogP contribution < -0.4 is 58.5 Å². The van der Waals surface area contributed by atoms with Crippen molar-refractivity contribution in [2.24, 2.45) is 23.7 Å². The summed E-state index contributed by atoms with van der Waals surface area (Å²) in [5, 5.41) is 69.8. The van der Waals surface area contributed by atoms with E-state index >= 15 is 0 Å². The van der Waals surface area contributed by atoms with Crippen molar-refractivity contribution in [1.29, 1.82) is 0 Å². The normalized spacial score (nSPS) is 16.9. The number of aliphatic hydroxyl groups excluding tert-OH is 1. The summed E-state index contributed by atoms with van der Waals surface area (Å²) in [5.74, 6) is -11.8. The average molecular weight is 1270 g/mol. The summed E-state index contributed by atoms with van der Waals surface area (Å²) in [6, 6.07) is 7.25. The summed E-state index contributed by atoms with van der Waals surface area (Å²) in [6.45, 7) is 14.8. The summed E-state index contributed by atoms with van der Waals surface area (Å²) in [6.07, 6.45) is 0.194. The molecule has 1 fully saturated rings. The zero-order valence-electron chi connectivity index (χ0n) is 52.5. The Morgan fingerprint density at radius 1 is 0.489 bits per heavy atom. The molecule has 26 nitrogen and oxygen atoms in total. The summed E-state index contributed by atoms with van der Waals surface area (Å²) < 4.78 is 0. The van der Waals surface area contributed by atoms with Gasteiger partial charge in [-0.25, -0.2) is 4.79 Å². The second kappa shape index (κ2) is 36.4. The van der Waals surface area contributed by atoms with Crippen LogP contribution in [0.25, 0.3) is 0 Å². The number of rotatable bonds is 35. The van der Waals surface area contributed by atoms with Gasteiger partial charge in [-0.15, -0.1) is 0 Å². The van der Waals surface area contributed by atoms with E-state index in [9.17, 15) is 73.2 Å². The van der Waals surface area contributed by atoms with E-state index in [0.717, 1.165) is 6.42 Å². The number of hydrogen-bond acceptors (Lipinski definition) is 16. The van der Waals surface area contributed by atoms with Crippen molar-refractivity contribution in [2.75, 3.05) is 18.8 Å². The second-order valence-corrected chi connectivity index (χ2v) is 23.9. The molecule has 4 rings (SSSR count). The molecule has 0 unspecified atom stereocenters. The van der Waals surface area contributed by atoms with Crippen LogP contribution in [-0.2, 0) is 72.0 Å². The third-order valence-electron chi connectivity index (χ3n) is 15.7. The summed E-state index contributed by atoms with van der Waals surface area (Å²) in [5.41, 5.74) is 1.52. The Kier molecular flexibility index (Phi) is 30.0. The largest absolute Gasteiger partial charge is 0.508 e. The topological polar surface area (TPSA) is 401 Å². The van der Waals surface area contributed by atoms with E-state index in [0.29, 0.717) is 42.5 Å². The number of aromatic hydroxyl groups is 2. The summed E-state index contributed by atoms with van der Waals surface area (Å²) >= 11 is 4.19. The van der Waals surface area contributed by atoms with Crippen molar-refractivity contribution in [3.8, 4) is 11.5 Å². The Hall–Kier alpha value is -8.30. The first-order valence-corrected chi connectivity index (χ1v) is 31.1. The van der Waals surface area contributed by atoms with Gasteiger partial charge in [-0.3, -0.25) is 47.9 Å². The minimum Gasteiger partial charge on any atom is -0.508 e. The second-order valence-electron chi connectivity index (χ2n) is 23.6. The Labute approximate surface area is 530 Å². The zero-order valence-corrected chi connectivity index (χ0v) is 53.4. The summed E-state index contributed by atoms with van der Waals surface area (Å²) in [7, 11) is 0. The van der Waals surface area contributed by atoms with Gasteiger partial charge >= 0.3 is 5.97 Å². The highest BCUT2D eigenvalue weighted by Crippen LogP contribution is 2.18. The number of aliphatic hydroxyl groups is 1. The third kappa shape index (κ3) is 23.3. The molecule has 0 aliphatic carbocycles. The lowest BCUT2D eigenvalue weighted by Crippen LogP contribution is -2.63. The lowest BCUT2D eigenvalue weighted by atomic mass is 9.95. The molecular weight excluding hydrogens is 1180 g/mol. The number of carbonyl (C=O) groups excluding carboxylic acids is 10.